The quantitative estimate of drug-likeness (QED) is 0.817. The van der Waals surface area contributed by atoms with Gasteiger partial charge in [-0.2, -0.15) is 5.26 Å². The van der Waals surface area contributed by atoms with Crippen molar-refractivity contribution in [3.8, 4) is 6.07 Å². The second-order valence-electron chi connectivity index (χ2n) is 4.70. The third-order valence-electron chi connectivity index (χ3n) is 3.23. The molecule has 1 aromatic carbocycles. The highest BCUT2D eigenvalue weighted by atomic mass is 16.2. The van der Waals surface area contributed by atoms with Crippen LogP contribution < -0.4 is 0 Å². The van der Waals surface area contributed by atoms with Crippen LogP contribution in [0.25, 0.3) is 0 Å². The summed E-state index contributed by atoms with van der Waals surface area (Å²) in [7, 11) is 1.75. The molecule has 1 aromatic rings. The number of nitriles is 1. The van der Waals surface area contributed by atoms with Gasteiger partial charge in [-0.25, -0.2) is 0 Å². The van der Waals surface area contributed by atoms with Crippen LogP contribution >= 0.6 is 0 Å². The average Bonchev–Trinajstić information content (AvgIpc) is 2.35. The summed E-state index contributed by atoms with van der Waals surface area (Å²) < 4.78 is 0. The zero-order valence-electron chi connectivity index (χ0n) is 11.5. The molecule has 0 heterocycles. The molecule has 0 fully saturated rings. The van der Waals surface area contributed by atoms with Gasteiger partial charge in [-0.15, -0.1) is 0 Å². The monoisotopic (exact) mass is 244 g/mol. The number of carbonyl (C=O) groups excluding carboxylic acids is 1. The molecule has 0 spiro atoms. The van der Waals surface area contributed by atoms with Crippen molar-refractivity contribution >= 4 is 5.91 Å². The van der Waals surface area contributed by atoms with Crippen molar-refractivity contribution in [3.63, 3.8) is 0 Å². The summed E-state index contributed by atoms with van der Waals surface area (Å²) >= 11 is 0. The number of aryl methyl sites for hydroxylation is 2. The molecule has 1 unspecified atom stereocenters. The van der Waals surface area contributed by atoms with Gasteiger partial charge < -0.3 is 4.90 Å². The molecule has 0 saturated heterocycles. The molecule has 96 valence electrons. The Labute approximate surface area is 109 Å². The topological polar surface area (TPSA) is 44.1 Å². The average molecular weight is 244 g/mol. The molecular weight excluding hydrogens is 224 g/mol. The lowest BCUT2D eigenvalue weighted by Gasteiger charge is -2.20. The molecule has 0 radical (unpaired) electrons. The minimum absolute atomic E-state index is 0.0989. The van der Waals surface area contributed by atoms with E-state index in [4.69, 9.17) is 5.26 Å². The maximum absolute atomic E-state index is 12.0. The van der Waals surface area contributed by atoms with Crippen LogP contribution in [-0.2, 0) is 11.3 Å². The Balaban J connectivity index is 2.75. The molecule has 0 aliphatic rings. The molecular formula is C15H20N2O. The summed E-state index contributed by atoms with van der Waals surface area (Å²) in [6.45, 7) is 6.54. The Hall–Kier alpha value is -1.82. The predicted octanol–water partition coefficient (Wildman–Crippen LogP) is 2.81. The van der Waals surface area contributed by atoms with E-state index in [1.165, 1.54) is 11.1 Å². The number of amides is 1. The minimum atomic E-state index is -0.526. The van der Waals surface area contributed by atoms with E-state index in [0.717, 1.165) is 5.56 Å². The third-order valence-corrected chi connectivity index (χ3v) is 3.23. The Morgan fingerprint density at radius 1 is 1.39 bits per heavy atom. The zero-order valence-corrected chi connectivity index (χ0v) is 11.5. The van der Waals surface area contributed by atoms with Crippen LogP contribution in [0.5, 0.6) is 0 Å². The lowest BCUT2D eigenvalue weighted by Crippen LogP contribution is -2.31. The van der Waals surface area contributed by atoms with Crippen molar-refractivity contribution in [2.45, 2.75) is 33.7 Å². The molecule has 1 amide bonds. The van der Waals surface area contributed by atoms with Crippen LogP contribution in [0.2, 0.25) is 0 Å². The fraction of sp³-hybridized carbons (Fsp3) is 0.467. The number of benzene rings is 1. The maximum Gasteiger partial charge on any atom is 0.239 e. The van der Waals surface area contributed by atoms with Gasteiger partial charge in [0.15, 0.2) is 0 Å². The summed E-state index contributed by atoms with van der Waals surface area (Å²) in [5.74, 6) is -0.625. The molecule has 1 rings (SSSR count). The van der Waals surface area contributed by atoms with Gasteiger partial charge in [-0.05, 0) is 37.0 Å². The van der Waals surface area contributed by atoms with Gasteiger partial charge in [-0.3, -0.25) is 4.79 Å². The van der Waals surface area contributed by atoms with Crippen molar-refractivity contribution in [1.29, 1.82) is 5.26 Å². The maximum atomic E-state index is 12.0. The Morgan fingerprint density at radius 2 is 2.06 bits per heavy atom. The molecule has 0 saturated carbocycles. The fourth-order valence-electron chi connectivity index (χ4n) is 1.84. The van der Waals surface area contributed by atoms with E-state index in [1.807, 2.05) is 19.1 Å². The SMILES string of the molecule is CCC(C#N)C(=O)N(C)Cc1ccc(C)c(C)c1. The minimum Gasteiger partial charge on any atom is -0.340 e. The third kappa shape index (κ3) is 3.33. The van der Waals surface area contributed by atoms with E-state index in [0.29, 0.717) is 13.0 Å². The summed E-state index contributed by atoms with van der Waals surface area (Å²) in [6.07, 6.45) is 0.562. The van der Waals surface area contributed by atoms with Crippen molar-refractivity contribution in [1.82, 2.24) is 4.90 Å². The van der Waals surface area contributed by atoms with E-state index < -0.39 is 5.92 Å². The van der Waals surface area contributed by atoms with Gasteiger partial charge >= 0.3 is 0 Å². The van der Waals surface area contributed by atoms with Gasteiger partial charge in [0, 0.05) is 13.6 Å². The summed E-state index contributed by atoms with van der Waals surface area (Å²) in [4.78, 5) is 13.6. The first-order valence-corrected chi connectivity index (χ1v) is 6.20. The van der Waals surface area contributed by atoms with Crippen molar-refractivity contribution < 1.29 is 4.79 Å². The summed E-state index contributed by atoms with van der Waals surface area (Å²) in [5.41, 5.74) is 3.57. The van der Waals surface area contributed by atoms with Gasteiger partial charge in [0.25, 0.3) is 0 Å². The fourth-order valence-corrected chi connectivity index (χ4v) is 1.84. The highest BCUT2D eigenvalue weighted by Gasteiger charge is 2.19. The first-order chi connectivity index (χ1) is 8.49. The van der Waals surface area contributed by atoms with Crippen LogP contribution in [0.4, 0.5) is 0 Å². The standard InChI is InChI=1S/C15H20N2O/c1-5-14(9-16)15(18)17(4)10-13-7-6-11(2)12(3)8-13/h6-8,14H,5,10H2,1-4H3. The normalized spacial score (nSPS) is 11.7. The van der Waals surface area contributed by atoms with Crippen molar-refractivity contribution in [2.24, 2.45) is 5.92 Å². The Morgan fingerprint density at radius 3 is 2.56 bits per heavy atom. The van der Waals surface area contributed by atoms with Crippen LogP contribution in [0.1, 0.15) is 30.0 Å². The van der Waals surface area contributed by atoms with E-state index >= 15 is 0 Å². The number of nitrogens with zero attached hydrogens (tertiary/aromatic N) is 2. The molecule has 0 aliphatic carbocycles. The number of carbonyl (C=O) groups is 1. The first-order valence-electron chi connectivity index (χ1n) is 6.20. The molecule has 0 N–H and O–H groups in total. The van der Waals surface area contributed by atoms with Crippen LogP contribution in [-0.4, -0.2) is 17.9 Å². The van der Waals surface area contributed by atoms with E-state index in [1.54, 1.807) is 11.9 Å². The second kappa shape index (κ2) is 6.20. The second-order valence-corrected chi connectivity index (χ2v) is 4.70. The number of hydrogen-bond donors (Lipinski definition) is 0. The molecule has 1 atom stereocenters. The highest BCUT2D eigenvalue weighted by molar-refractivity contribution is 5.80. The predicted molar refractivity (Wildman–Crippen MR) is 71.8 cm³/mol. The smallest absolute Gasteiger partial charge is 0.239 e. The van der Waals surface area contributed by atoms with Crippen LogP contribution in [0.3, 0.4) is 0 Å². The van der Waals surface area contributed by atoms with Gasteiger partial charge in [-0.1, -0.05) is 25.1 Å². The van der Waals surface area contributed by atoms with Crippen LogP contribution in [0, 0.1) is 31.1 Å². The van der Waals surface area contributed by atoms with E-state index in [-0.39, 0.29) is 5.91 Å². The Bertz CT molecular complexity index is 474. The van der Waals surface area contributed by atoms with E-state index in [9.17, 15) is 4.79 Å². The summed E-state index contributed by atoms with van der Waals surface area (Å²) in [5, 5.41) is 8.89. The molecule has 3 heteroatoms. The van der Waals surface area contributed by atoms with E-state index in [2.05, 4.69) is 26.0 Å². The molecule has 18 heavy (non-hydrogen) atoms. The van der Waals surface area contributed by atoms with Crippen LogP contribution in [0.15, 0.2) is 18.2 Å². The van der Waals surface area contributed by atoms with Gasteiger partial charge in [0.05, 0.1) is 6.07 Å². The van der Waals surface area contributed by atoms with Crippen molar-refractivity contribution in [3.05, 3.63) is 34.9 Å². The summed E-state index contributed by atoms with van der Waals surface area (Å²) in [6, 6.07) is 8.22. The highest BCUT2D eigenvalue weighted by Crippen LogP contribution is 2.13. The lowest BCUT2D eigenvalue weighted by atomic mass is 10.0. The lowest BCUT2D eigenvalue weighted by molar-refractivity contribution is -0.133. The molecule has 3 nitrogen and oxygen atoms in total. The number of rotatable bonds is 4. The molecule has 0 aliphatic heterocycles. The van der Waals surface area contributed by atoms with Gasteiger partial charge in [0.2, 0.25) is 5.91 Å². The molecule has 0 aromatic heterocycles. The largest absolute Gasteiger partial charge is 0.340 e. The first kappa shape index (κ1) is 14.2. The number of hydrogen-bond acceptors (Lipinski definition) is 2. The van der Waals surface area contributed by atoms with Crippen molar-refractivity contribution in [2.75, 3.05) is 7.05 Å². The molecule has 0 bridgehead atoms. The zero-order chi connectivity index (χ0) is 13.7. The van der Waals surface area contributed by atoms with Gasteiger partial charge in [0.1, 0.15) is 5.92 Å². The Kier molecular flexibility index (Phi) is 4.91.